The van der Waals surface area contributed by atoms with Crippen molar-refractivity contribution < 1.29 is 4.79 Å². The van der Waals surface area contributed by atoms with Gasteiger partial charge in [0.15, 0.2) is 5.82 Å². The van der Waals surface area contributed by atoms with Gasteiger partial charge < -0.3 is 10.6 Å². The van der Waals surface area contributed by atoms with Gasteiger partial charge in [-0.3, -0.25) is 4.79 Å². The number of para-hydroxylation sites is 1. The normalized spacial score (nSPS) is 15.9. The molecule has 5 nitrogen and oxygen atoms in total. The van der Waals surface area contributed by atoms with Crippen molar-refractivity contribution in [2.24, 2.45) is 5.73 Å². The summed E-state index contributed by atoms with van der Waals surface area (Å²) in [5, 5.41) is 0.915. The summed E-state index contributed by atoms with van der Waals surface area (Å²) in [6, 6.07) is 25.5. The van der Waals surface area contributed by atoms with E-state index >= 15 is 0 Å². The average Bonchev–Trinajstić information content (AvgIpc) is 2.78. The van der Waals surface area contributed by atoms with Gasteiger partial charge in [0.25, 0.3) is 0 Å². The molecule has 1 amide bonds. The van der Waals surface area contributed by atoms with Gasteiger partial charge in [-0.2, -0.15) is 0 Å². The summed E-state index contributed by atoms with van der Waals surface area (Å²) in [4.78, 5) is 24.1. The molecule has 0 aliphatic carbocycles. The third kappa shape index (κ3) is 3.10. The predicted octanol–water partition coefficient (Wildman–Crippen LogP) is 3.71. The number of hydrogen-bond acceptors (Lipinski definition) is 4. The number of anilines is 1. The van der Waals surface area contributed by atoms with E-state index in [4.69, 9.17) is 15.7 Å². The molecule has 0 saturated heterocycles. The predicted molar refractivity (Wildman–Crippen MR) is 114 cm³/mol. The van der Waals surface area contributed by atoms with Crippen molar-refractivity contribution in [1.82, 2.24) is 9.97 Å². The number of amides is 1. The Kier molecular flexibility index (Phi) is 4.21. The highest BCUT2D eigenvalue weighted by atomic mass is 16.1. The highest BCUT2D eigenvalue weighted by Gasteiger charge is 2.32. The lowest BCUT2D eigenvalue weighted by molar-refractivity contribution is -0.119. The number of carbonyl (C=O) groups is 1. The molecule has 0 radical (unpaired) electrons. The third-order valence-corrected chi connectivity index (χ3v) is 5.46. The van der Waals surface area contributed by atoms with Crippen LogP contribution in [0.3, 0.4) is 0 Å². The van der Waals surface area contributed by atoms with Gasteiger partial charge in [-0.05, 0) is 23.3 Å². The molecule has 29 heavy (non-hydrogen) atoms. The number of benzene rings is 3. The summed E-state index contributed by atoms with van der Waals surface area (Å²) in [7, 11) is 0. The smallest absolute Gasteiger partial charge is 0.240 e. The molecule has 1 aromatic heterocycles. The molecular weight excluding hydrogens is 360 g/mol. The molecule has 1 aliphatic rings. The molecular formula is C24H20N4O. The summed E-state index contributed by atoms with van der Waals surface area (Å²) < 4.78 is 0. The van der Waals surface area contributed by atoms with Crippen molar-refractivity contribution in [2.45, 2.75) is 19.0 Å². The Morgan fingerprint density at radius 3 is 2.34 bits per heavy atom. The second-order valence-corrected chi connectivity index (χ2v) is 7.27. The lowest BCUT2D eigenvalue weighted by atomic mass is 9.93. The Bertz CT molecular complexity index is 1210. The largest absolute Gasteiger partial charge is 0.368 e. The number of nitrogens with zero attached hydrogens (tertiary/aromatic N) is 3. The van der Waals surface area contributed by atoms with E-state index in [0.717, 1.165) is 27.8 Å². The second-order valence-electron chi connectivity index (χ2n) is 7.27. The van der Waals surface area contributed by atoms with E-state index in [1.165, 1.54) is 5.56 Å². The Labute approximate surface area is 168 Å². The van der Waals surface area contributed by atoms with Crippen LogP contribution in [0.1, 0.15) is 11.1 Å². The Balaban J connectivity index is 1.71. The second kappa shape index (κ2) is 7.02. The Morgan fingerprint density at radius 1 is 0.862 bits per heavy atom. The van der Waals surface area contributed by atoms with Crippen molar-refractivity contribution in [3.8, 4) is 11.4 Å². The van der Waals surface area contributed by atoms with E-state index in [9.17, 15) is 4.79 Å². The number of fused-ring (bicyclic) bond motifs is 2. The van der Waals surface area contributed by atoms with E-state index in [0.29, 0.717) is 18.8 Å². The fourth-order valence-electron chi connectivity index (χ4n) is 3.99. The molecule has 0 bridgehead atoms. The van der Waals surface area contributed by atoms with Crippen molar-refractivity contribution in [2.75, 3.05) is 4.90 Å². The van der Waals surface area contributed by atoms with Crippen molar-refractivity contribution in [3.05, 3.63) is 90.0 Å². The van der Waals surface area contributed by atoms with Crippen molar-refractivity contribution in [1.29, 1.82) is 0 Å². The number of hydrogen-bond donors (Lipinski definition) is 1. The van der Waals surface area contributed by atoms with Gasteiger partial charge in [0.2, 0.25) is 5.91 Å². The molecule has 0 spiro atoms. The Hall–Kier alpha value is -3.73. The number of nitrogens with two attached hydrogens (primary N) is 1. The van der Waals surface area contributed by atoms with Gasteiger partial charge >= 0.3 is 0 Å². The first-order valence-electron chi connectivity index (χ1n) is 9.65. The summed E-state index contributed by atoms with van der Waals surface area (Å²) in [5.74, 6) is 1.04. The average molecular weight is 380 g/mol. The molecule has 1 atom stereocenters. The maximum absolute atomic E-state index is 12.4. The molecule has 0 fully saturated rings. The molecule has 5 heteroatoms. The summed E-state index contributed by atoms with van der Waals surface area (Å²) in [5.41, 5.74) is 9.95. The Morgan fingerprint density at radius 2 is 1.55 bits per heavy atom. The van der Waals surface area contributed by atoms with Crippen molar-refractivity contribution >= 4 is 22.6 Å². The molecule has 3 aromatic carbocycles. The number of aromatic nitrogens is 2. The number of carbonyl (C=O) groups excluding carboxylic acids is 1. The molecule has 142 valence electrons. The van der Waals surface area contributed by atoms with E-state index in [-0.39, 0.29) is 5.91 Å². The topological polar surface area (TPSA) is 72.1 Å². The molecule has 4 aromatic rings. The minimum Gasteiger partial charge on any atom is -0.368 e. The van der Waals surface area contributed by atoms with Crippen LogP contribution in [0, 0.1) is 0 Å². The zero-order valence-electron chi connectivity index (χ0n) is 15.8. The van der Waals surface area contributed by atoms with Gasteiger partial charge in [0, 0.05) is 23.9 Å². The first kappa shape index (κ1) is 17.4. The quantitative estimate of drug-likeness (QED) is 0.588. The van der Waals surface area contributed by atoms with Crippen LogP contribution in [0.5, 0.6) is 0 Å². The van der Waals surface area contributed by atoms with Crippen LogP contribution >= 0.6 is 0 Å². The molecule has 5 rings (SSSR count). The van der Waals surface area contributed by atoms with Gasteiger partial charge in [-0.15, -0.1) is 0 Å². The fraction of sp³-hybridized carbons (Fsp3) is 0.125. The van der Waals surface area contributed by atoms with Gasteiger partial charge in [0.05, 0.1) is 5.52 Å². The lowest BCUT2D eigenvalue weighted by Gasteiger charge is -2.36. The van der Waals surface area contributed by atoms with Crippen LogP contribution in [0.2, 0.25) is 0 Å². The van der Waals surface area contributed by atoms with E-state index in [1.807, 2.05) is 71.6 Å². The molecule has 2 heterocycles. The van der Waals surface area contributed by atoms with Crippen LogP contribution in [-0.2, 0) is 17.8 Å². The number of primary amides is 1. The highest BCUT2D eigenvalue weighted by Crippen LogP contribution is 2.33. The van der Waals surface area contributed by atoms with Gasteiger partial charge in [-0.25, -0.2) is 9.97 Å². The minimum absolute atomic E-state index is 0.344. The maximum atomic E-state index is 12.4. The first-order chi connectivity index (χ1) is 14.2. The highest BCUT2D eigenvalue weighted by molar-refractivity contribution is 5.94. The van der Waals surface area contributed by atoms with Crippen LogP contribution in [-0.4, -0.2) is 21.9 Å². The van der Waals surface area contributed by atoms with Crippen LogP contribution < -0.4 is 10.6 Å². The van der Waals surface area contributed by atoms with E-state index < -0.39 is 6.04 Å². The van der Waals surface area contributed by atoms with Crippen molar-refractivity contribution in [3.63, 3.8) is 0 Å². The SMILES string of the molecule is NC(=O)[C@H]1Cc2ccccc2CN1c1nc(-c2ccccc2)nc2ccccc12. The molecule has 1 aliphatic heterocycles. The maximum Gasteiger partial charge on any atom is 0.240 e. The minimum atomic E-state index is -0.452. The van der Waals surface area contributed by atoms with Gasteiger partial charge in [-0.1, -0.05) is 66.7 Å². The molecule has 2 N–H and O–H groups in total. The fourth-order valence-corrected chi connectivity index (χ4v) is 3.99. The zero-order valence-corrected chi connectivity index (χ0v) is 15.8. The zero-order chi connectivity index (χ0) is 19.8. The standard InChI is InChI=1S/C24H20N4O/c25-22(29)21-14-17-10-4-5-11-18(17)15-28(21)24-19-12-6-7-13-20(19)26-23(27-24)16-8-2-1-3-9-16/h1-13,21H,14-15H2,(H2,25,29)/t21-/m1/s1. The van der Waals surface area contributed by atoms with Crippen LogP contribution in [0.4, 0.5) is 5.82 Å². The molecule has 0 saturated carbocycles. The van der Waals surface area contributed by atoms with E-state index in [1.54, 1.807) is 0 Å². The van der Waals surface area contributed by atoms with E-state index in [2.05, 4.69) is 12.1 Å². The monoisotopic (exact) mass is 380 g/mol. The van der Waals surface area contributed by atoms with Crippen LogP contribution in [0.25, 0.3) is 22.3 Å². The number of rotatable bonds is 3. The lowest BCUT2D eigenvalue weighted by Crippen LogP contribution is -2.49. The summed E-state index contributed by atoms with van der Waals surface area (Å²) in [6.45, 7) is 0.582. The third-order valence-electron chi connectivity index (χ3n) is 5.46. The van der Waals surface area contributed by atoms with Gasteiger partial charge in [0.1, 0.15) is 11.9 Å². The first-order valence-corrected chi connectivity index (χ1v) is 9.65. The summed E-state index contributed by atoms with van der Waals surface area (Å²) >= 11 is 0. The van der Waals surface area contributed by atoms with Crippen LogP contribution in [0.15, 0.2) is 78.9 Å². The summed E-state index contributed by atoms with van der Waals surface area (Å²) in [6.07, 6.45) is 0.574. The molecule has 0 unspecified atom stereocenters.